The zero-order valence-corrected chi connectivity index (χ0v) is 14.0. The lowest BCUT2D eigenvalue weighted by Gasteiger charge is -2.08. The number of para-hydroxylation sites is 1. The number of nitrogens with zero attached hydrogens (tertiary/aromatic N) is 1. The summed E-state index contributed by atoms with van der Waals surface area (Å²) in [5.41, 5.74) is 0.724. The predicted octanol–water partition coefficient (Wildman–Crippen LogP) is 2.26. The highest BCUT2D eigenvalue weighted by molar-refractivity contribution is 5.98. The van der Waals surface area contributed by atoms with Gasteiger partial charge in [0.25, 0.3) is 0 Å². The van der Waals surface area contributed by atoms with Gasteiger partial charge in [0.1, 0.15) is 0 Å². The van der Waals surface area contributed by atoms with E-state index in [-0.39, 0.29) is 19.1 Å². The van der Waals surface area contributed by atoms with Crippen molar-refractivity contribution in [3.8, 4) is 0 Å². The van der Waals surface area contributed by atoms with E-state index in [4.69, 9.17) is 18.9 Å². The molecule has 24 heavy (non-hydrogen) atoms. The fourth-order valence-electron chi connectivity index (χ4n) is 2.10. The largest absolute Gasteiger partial charge is 0.479 e. The zero-order valence-electron chi connectivity index (χ0n) is 14.0. The minimum absolute atomic E-state index is 0.243. The average Bonchev–Trinajstić information content (AvgIpc) is 3.36. The standard InChI is InChI=1S/C17H21NO6/c1-4-21-15(13-14(24-13)17(20)23-6-3)18-12-10-8-7-9-11(12)16(19)22-5-2/h7-10,13-14H,4-6H2,1-3H3. The number of aliphatic imine (C=N–C) groups is 1. The summed E-state index contributed by atoms with van der Waals surface area (Å²) in [6, 6.07) is 6.77. The third kappa shape index (κ3) is 4.32. The molecule has 1 saturated heterocycles. The summed E-state index contributed by atoms with van der Waals surface area (Å²) in [5.74, 6) is -0.674. The Morgan fingerprint density at radius 1 is 1.00 bits per heavy atom. The van der Waals surface area contributed by atoms with Gasteiger partial charge in [-0.2, -0.15) is 0 Å². The van der Waals surface area contributed by atoms with Crippen LogP contribution in [-0.2, 0) is 23.7 Å². The maximum atomic E-state index is 12.0. The molecule has 1 aromatic carbocycles. The van der Waals surface area contributed by atoms with Crippen molar-refractivity contribution in [3.05, 3.63) is 29.8 Å². The van der Waals surface area contributed by atoms with Gasteiger partial charge in [-0.3, -0.25) is 0 Å². The van der Waals surface area contributed by atoms with Crippen molar-refractivity contribution in [3.63, 3.8) is 0 Å². The molecule has 0 spiro atoms. The molecule has 1 aliphatic heterocycles. The summed E-state index contributed by atoms with van der Waals surface area (Å²) in [6.07, 6.45) is -1.32. The van der Waals surface area contributed by atoms with Crippen LogP contribution in [0.1, 0.15) is 31.1 Å². The van der Waals surface area contributed by atoms with E-state index in [1.807, 2.05) is 0 Å². The zero-order chi connectivity index (χ0) is 17.5. The van der Waals surface area contributed by atoms with Crippen LogP contribution in [0.25, 0.3) is 0 Å². The summed E-state index contributed by atoms with van der Waals surface area (Å²) in [7, 11) is 0. The summed E-state index contributed by atoms with van der Waals surface area (Å²) in [4.78, 5) is 28.1. The molecular weight excluding hydrogens is 314 g/mol. The van der Waals surface area contributed by atoms with Crippen LogP contribution in [0.3, 0.4) is 0 Å². The minimum atomic E-state index is -0.718. The van der Waals surface area contributed by atoms with Crippen LogP contribution in [0.4, 0.5) is 5.69 Å². The van der Waals surface area contributed by atoms with Crippen LogP contribution >= 0.6 is 0 Å². The van der Waals surface area contributed by atoms with E-state index >= 15 is 0 Å². The Bertz CT molecular complexity index is 627. The molecule has 1 aromatic rings. The van der Waals surface area contributed by atoms with E-state index in [1.165, 1.54) is 0 Å². The lowest BCUT2D eigenvalue weighted by molar-refractivity contribution is -0.144. The Balaban J connectivity index is 2.23. The van der Waals surface area contributed by atoms with E-state index in [0.29, 0.717) is 17.9 Å². The van der Waals surface area contributed by atoms with Gasteiger partial charge in [-0.1, -0.05) is 12.1 Å². The lowest BCUT2D eigenvalue weighted by Crippen LogP contribution is -2.20. The molecule has 2 atom stereocenters. The van der Waals surface area contributed by atoms with Gasteiger partial charge in [0.05, 0.1) is 31.1 Å². The smallest absolute Gasteiger partial charge is 0.340 e. The summed E-state index contributed by atoms with van der Waals surface area (Å²) in [6.45, 7) is 6.16. The van der Waals surface area contributed by atoms with Crippen LogP contribution in [0.15, 0.2) is 29.3 Å². The van der Waals surface area contributed by atoms with Crippen LogP contribution in [-0.4, -0.2) is 49.9 Å². The van der Waals surface area contributed by atoms with Crippen molar-refractivity contribution in [1.82, 2.24) is 0 Å². The first-order valence-corrected chi connectivity index (χ1v) is 7.91. The molecule has 130 valence electrons. The molecule has 0 bridgehead atoms. The Hall–Kier alpha value is -2.41. The third-order valence-corrected chi connectivity index (χ3v) is 3.18. The molecule has 1 aliphatic rings. The van der Waals surface area contributed by atoms with Gasteiger partial charge in [0.2, 0.25) is 5.90 Å². The molecule has 0 N–H and O–H groups in total. The second-order valence-electron chi connectivity index (χ2n) is 4.85. The quantitative estimate of drug-likeness (QED) is 0.329. The number of esters is 2. The van der Waals surface area contributed by atoms with E-state index in [2.05, 4.69) is 4.99 Å². The van der Waals surface area contributed by atoms with Crippen LogP contribution in [0.2, 0.25) is 0 Å². The van der Waals surface area contributed by atoms with E-state index < -0.39 is 24.1 Å². The lowest BCUT2D eigenvalue weighted by atomic mass is 10.2. The van der Waals surface area contributed by atoms with E-state index in [1.54, 1.807) is 45.0 Å². The van der Waals surface area contributed by atoms with Gasteiger partial charge >= 0.3 is 11.9 Å². The Labute approximate surface area is 140 Å². The van der Waals surface area contributed by atoms with Crippen LogP contribution in [0, 0.1) is 0 Å². The molecular formula is C17H21NO6. The average molecular weight is 335 g/mol. The summed E-state index contributed by atoms with van der Waals surface area (Å²) in [5, 5.41) is 0. The highest BCUT2D eigenvalue weighted by Gasteiger charge is 2.51. The topological polar surface area (TPSA) is 86.7 Å². The molecule has 0 radical (unpaired) electrons. The van der Waals surface area contributed by atoms with Crippen molar-refractivity contribution in [2.24, 2.45) is 4.99 Å². The highest BCUT2D eigenvalue weighted by Crippen LogP contribution is 2.29. The Morgan fingerprint density at radius 2 is 1.67 bits per heavy atom. The molecule has 1 heterocycles. The Kier molecular flexibility index (Phi) is 6.31. The number of carbonyl (C=O) groups excluding carboxylic acids is 2. The molecule has 7 heteroatoms. The van der Waals surface area contributed by atoms with Crippen molar-refractivity contribution in [2.45, 2.75) is 33.0 Å². The Morgan fingerprint density at radius 3 is 2.33 bits per heavy atom. The maximum absolute atomic E-state index is 12.0. The van der Waals surface area contributed by atoms with Crippen molar-refractivity contribution >= 4 is 23.5 Å². The molecule has 2 unspecified atom stereocenters. The highest BCUT2D eigenvalue weighted by atomic mass is 16.7. The molecule has 0 aromatic heterocycles. The molecule has 0 saturated carbocycles. The normalized spacial score (nSPS) is 19.5. The molecule has 7 nitrogen and oxygen atoms in total. The number of ether oxygens (including phenoxy) is 4. The third-order valence-electron chi connectivity index (χ3n) is 3.18. The van der Waals surface area contributed by atoms with E-state index in [0.717, 1.165) is 0 Å². The summed E-state index contributed by atoms with van der Waals surface area (Å²) < 4.78 is 20.8. The van der Waals surface area contributed by atoms with Crippen LogP contribution < -0.4 is 0 Å². The van der Waals surface area contributed by atoms with Crippen molar-refractivity contribution in [1.29, 1.82) is 0 Å². The number of rotatable bonds is 7. The number of carbonyl (C=O) groups is 2. The fourth-order valence-corrected chi connectivity index (χ4v) is 2.10. The number of hydrogen-bond donors (Lipinski definition) is 0. The molecule has 2 rings (SSSR count). The first-order chi connectivity index (χ1) is 11.6. The monoisotopic (exact) mass is 335 g/mol. The van der Waals surface area contributed by atoms with Gasteiger partial charge in [-0.05, 0) is 32.9 Å². The predicted molar refractivity (Wildman–Crippen MR) is 86.4 cm³/mol. The second-order valence-corrected chi connectivity index (χ2v) is 4.85. The summed E-state index contributed by atoms with van der Waals surface area (Å²) >= 11 is 0. The second kappa shape index (κ2) is 8.44. The molecule has 1 fully saturated rings. The van der Waals surface area contributed by atoms with E-state index in [9.17, 15) is 9.59 Å². The molecule has 0 amide bonds. The van der Waals surface area contributed by atoms with Gasteiger partial charge in [-0.15, -0.1) is 0 Å². The number of benzene rings is 1. The molecule has 0 aliphatic carbocycles. The van der Waals surface area contributed by atoms with Gasteiger partial charge in [0, 0.05) is 0 Å². The van der Waals surface area contributed by atoms with Crippen molar-refractivity contribution in [2.75, 3.05) is 19.8 Å². The number of hydrogen-bond acceptors (Lipinski definition) is 7. The number of epoxide rings is 1. The van der Waals surface area contributed by atoms with Gasteiger partial charge in [0.15, 0.2) is 12.2 Å². The first kappa shape index (κ1) is 17.9. The fraction of sp³-hybridized carbons (Fsp3) is 0.471. The first-order valence-electron chi connectivity index (χ1n) is 7.91. The van der Waals surface area contributed by atoms with Gasteiger partial charge < -0.3 is 18.9 Å². The van der Waals surface area contributed by atoms with Crippen molar-refractivity contribution < 1.29 is 28.5 Å². The van der Waals surface area contributed by atoms with Crippen LogP contribution in [0.5, 0.6) is 0 Å². The van der Waals surface area contributed by atoms with Gasteiger partial charge in [-0.25, -0.2) is 14.6 Å². The minimum Gasteiger partial charge on any atom is -0.479 e. The SMILES string of the molecule is CCOC(=O)c1ccccc1N=C(OCC)C1OC1C(=O)OCC. The maximum Gasteiger partial charge on any atom is 0.340 e.